The van der Waals surface area contributed by atoms with Crippen LogP contribution in [-0.4, -0.2) is 44.9 Å². The van der Waals surface area contributed by atoms with E-state index in [4.69, 9.17) is 10.5 Å². The molecule has 1 aromatic rings. The lowest BCUT2D eigenvalue weighted by Gasteiger charge is -2.27. The summed E-state index contributed by atoms with van der Waals surface area (Å²) in [5.74, 6) is 0.0629. The highest BCUT2D eigenvalue weighted by Crippen LogP contribution is 2.32. The van der Waals surface area contributed by atoms with Crippen molar-refractivity contribution in [1.82, 2.24) is 4.31 Å². The number of ether oxygens (including phenoxy) is 1. The quantitative estimate of drug-likeness (QED) is 0.797. The Bertz CT molecular complexity index is 775. The van der Waals surface area contributed by atoms with Crippen LogP contribution in [0.4, 0.5) is 5.69 Å². The summed E-state index contributed by atoms with van der Waals surface area (Å²) in [6.07, 6.45) is 6.14. The molecule has 1 amide bonds. The minimum absolute atomic E-state index is 0.0559. The number of sulfonamides is 1. The molecule has 1 aromatic carbocycles. The van der Waals surface area contributed by atoms with Gasteiger partial charge >= 0.3 is 0 Å². The van der Waals surface area contributed by atoms with E-state index in [1.54, 1.807) is 12.1 Å². The Morgan fingerprint density at radius 1 is 1.19 bits per heavy atom. The number of hydrogen-bond acceptors (Lipinski definition) is 5. The first-order valence-corrected chi connectivity index (χ1v) is 11.1. The van der Waals surface area contributed by atoms with E-state index in [1.165, 1.54) is 17.5 Å². The highest BCUT2D eigenvalue weighted by molar-refractivity contribution is 7.89. The zero-order valence-electron chi connectivity index (χ0n) is 15.8. The number of anilines is 1. The lowest BCUT2D eigenvalue weighted by Crippen LogP contribution is -2.36. The van der Waals surface area contributed by atoms with Gasteiger partial charge in [-0.3, -0.25) is 4.79 Å². The van der Waals surface area contributed by atoms with E-state index >= 15 is 0 Å². The van der Waals surface area contributed by atoms with E-state index in [-0.39, 0.29) is 22.8 Å². The number of nitrogens with two attached hydrogens (primary N) is 1. The van der Waals surface area contributed by atoms with Crippen molar-refractivity contribution in [3.63, 3.8) is 0 Å². The van der Waals surface area contributed by atoms with Crippen molar-refractivity contribution in [3.05, 3.63) is 18.2 Å². The molecule has 1 saturated heterocycles. The number of piperidine rings is 1. The highest BCUT2D eigenvalue weighted by Gasteiger charge is 2.30. The summed E-state index contributed by atoms with van der Waals surface area (Å²) in [4.78, 5) is 12.7. The summed E-state index contributed by atoms with van der Waals surface area (Å²) >= 11 is 0. The van der Waals surface area contributed by atoms with Crippen LogP contribution in [-0.2, 0) is 14.8 Å². The summed E-state index contributed by atoms with van der Waals surface area (Å²) in [7, 11) is -2.21. The second-order valence-corrected chi connectivity index (χ2v) is 9.35. The Morgan fingerprint density at radius 3 is 2.59 bits per heavy atom. The largest absolute Gasteiger partial charge is 0.495 e. The van der Waals surface area contributed by atoms with Gasteiger partial charge in [-0.25, -0.2) is 8.42 Å². The molecular formula is C19H29N3O4S. The van der Waals surface area contributed by atoms with Crippen LogP contribution in [0, 0.1) is 5.92 Å². The average molecular weight is 396 g/mol. The summed E-state index contributed by atoms with van der Waals surface area (Å²) in [5, 5.41) is 2.87. The molecule has 1 aliphatic heterocycles. The molecule has 2 fully saturated rings. The zero-order valence-corrected chi connectivity index (χ0v) is 16.6. The maximum absolute atomic E-state index is 13.1. The highest BCUT2D eigenvalue weighted by atomic mass is 32.2. The number of methoxy groups -OCH3 is 1. The Balaban J connectivity index is 1.81. The second-order valence-electron chi connectivity index (χ2n) is 7.44. The average Bonchev–Trinajstić information content (AvgIpc) is 2.68. The van der Waals surface area contributed by atoms with E-state index in [0.717, 1.165) is 38.5 Å². The van der Waals surface area contributed by atoms with Crippen LogP contribution in [0.3, 0.4) is 0 Å². The molecule has 7 nitrogen and oxygen atoms in total. The van der Waals surface area contributed by atoms with E-state index < -0.39 is 10.0 Å². The van der Waals surface area contributed by atoms with Crippen LogP contribution in [0.2, 0.25) is 0 Å². The molecule has 0 radical (unpaired) electrons. The van der Waals surface area contributed by atoms with Gasteiger partial charge in [-0.2, -0.15) is 4.31 Å². The van der Waals surface area contributed by atoms with Crippen LogP contribution in [0.5, 0.6) is 5.75 Å². The SMILES string of the molecule is COc1ccc(NC(=O)C2CCCC(N)C2)cc1S(=O)(=O)N1CCCCC1. The fourth-order valence-electron chi connectivity index (χ4n) is 3.91. The third-order valence-corrected chi connectivity index (χ3v) is 7.37. The standard InChI is InChI=1S/C19H29N3O4S/c1-26-17-9-8-16(21-19(23)14-6-5-7-15(20)12-14)13-18(17)27(24,25)22-10-3-2-4-11-22/h8-9,13-15H,2-7,10-12,20H2,1H3,(H,21,23). The van der Waals surface area contributed by atoms with Crippen molar-refractivity contribution >= 4 is 21.6 Å². The smallest absolute Gasteiger partial charge is 0.246 e. The molecule has 0 aromatic heterocycles. The lowest BCUT2D eigenvalue weighted by molar-refractivity contribution is -0.120. The lowest BCUT2D eigenvalue weighted by atomic mass is 9.85. The Labute approximate surface area is 161 Å². The van der Waals surface area contributed by atoms with Gasteiger partial charge in [0, 0.05) is 30.7 Å². The normalized spacial score (nSPS) is 24.4. The van der Waals surface area contributed by atoms with E-state index in [1.807, 2.05) is 0 Å². The molecule has 1 aliphatic carbocycles. The van der Waals surface area contributed by atoms with Gasteiger partial charge in [-0.15, -0.1) is 0 Å². The molecule has 3 N–H and O–H groups in total. The van der Waals surface area contributed by atoms with Gasteiger partial charge in [0.2, 0.25) is 15.9 Å². The Hall–Kier alpha value is -1.64. The molecule has 2 atom stereocenters. The van der Waals surface area contributed by atoms with Crippen LogP contribution >= 0.6 is 0 Å². The van der Waals surface area contributed by atoms with Gasteiger partial charge in [0.15, 0.2) is 0 Å². The predicted octanol–water partition coefficient (Wildman–Crippen LogP) is 2.33. The molecule has 27 heavy (non-hydrogen) atoms. The van der Waals surface area contributed by atoms with Crippen molar-refractivity contribution < 1.29 is 17.9 Å². The number of carbonyl (C=O) groups excluding carboxylic acids is 1. The monoisotopic (exact) mass is 395 g/mol. The molecular weight excluding hydrogens is 366 g/mol. The minimum atomic E-state index is -3.66. The number of benzene rings is 1. The van der Waals surface area contributed by atoms with Gasteiger partial charge in [-0.05, 0) is 50.3 Å². The minimum Gasteiger partial charge on any atom is -0.495 e. The molecule has 3 rings (SSSR count). The number of carbonyl (C=O) groups is 1. The van der Waals surface area contributed by atoms with Crippen LogP contribution in [0.1, 0.15) is 44.9 Å². The van der Waals surface area contributed by atoms with Gasteiger partial charge < -0.3 is 15.8 Å². The number of hydrogen-bond donors (Lipinski definition) is 2. The summed E-state index contributed by atoms with van der Waals surface area (Å²) in [6, 6.07) is 4.83. The fraction of sp³-hybridized carbons (Fsp3) is 0.632. The molecule has 1 saturated carbocycles. The van der Waals surface area contributed by atoms with Crippen molar-refractivity contribution in [1.29, 1.82) is 0 Å². The van der Waals surface area contributed by atoms with Crippen molar-refractivity contribution in [2.24, 2.45) is 11.7 Å². The van der Waals surface area contributed by atoms with Crippen LogP contribution < -0.4 is 15.8 Å². The van der Waals surface area contributed by atoms with Gasteiger partial charge in [0.05, 0.1) is 7.11 Å². The molecule has 2 aliphatic rings. The van der Waals surface area contributed by atoms with Gasteiger partial charge in [-0.1, -0.05) is 12.8 Å². The van der Waals surface area contributed by atoms with Crippen molar-refractivity contribution in [2.45, 2.75) is 55.9 Å². The Morgan fingerprint density at radius 2 is 1.93 bits per heavy atom. The summed E-state index contributed by atoms with van der Waals surface area (Å²) < 4.78 is 32.9. The van der Waals surface area contributed by atoms with Crippen molar-refractivity contribution in [3.8, 4) is 5.75 Å². The van der Waals surface area contributed by atoms with Crippen molar-refractivity contribution in [2.75, 3.05) is 25.5 Å². The predicted molar refractivity (Wildman–Crippen MR) is 104 cm³/mol. The second kappa shape index (κ2) is 8.58. The molecule has 1 heterocycles. The number of amides is 1. The third kappa shape index (κ3) is 4.62. The fourth-order valence-corrected chi connectivity index (χ4v) is 5.61. The number of nitrogens with zero attached hydrogens (tertiary/aromatic N) is 1. The summed E-state index contributed by atoms with van der Waals surface area (Å²) in [6.45, 7) is 1.03. The number of rotatable bonds is 5. The molecule has 8 heteroatoms. The first kappa shape index (κ1) is 20.1. The first-order chi connectivity index (χ1) is 12.9. The van der Waals surface area contributed by atoms with Gasteiger partial charge in [0.25, 0.3) is 0 Å². The molecule has 0 spiro atoms. The molecule has 0 bridgehead atoms. The van der Waals surface area contributed by atoms with Crippen LogP contribution in [0.25, 0.3) is 0 Å². The molecule has 150 valence electrons. The molecule has 2 unspecified atom stereocenters. The maximum atomic E-state index is 13.1. The zero-order chi connectivity index (χ0) is 19.4. The summed E-state index contributed by atoms with van der Waals surface area (Å²) in [5.41, 5.74) is 6.44. The van der Waals surface area contributed by atoms with Crippen LogP contribution in [0.15, 0.2) is 23.1 Å². The van der Waals surface area contributed by atoms with Gasteiger partial charge in [0.1, 0.15) is 10.6 Å². The number of nitrogens with one attached hydrogen (secondary N) is 1. The van der Waals surface area contributed by atoms with E-state index in [0.29, 0.717) is 30.9 Å². The first-order valence-electron chi connectivity index (χ1n) is 9.66. The van der Waals surface area contributed by atoms with E-state index in [2.05, 4.69) is 5.32 Å². The van der Waals surface area contributed by atoms with E-state index in [9.17, 15) is 13.2 Å². The topological polar surface area (TPSA) is 102 Å². The maximum Gasteiger partial charge on any atom is 0.246 e. The Kier molecular flexibility index (Phi) is 6.39. The third-order valence-electron chi connectivity index (χ3n) is 5.45.